The van der Waals surface area contributed by atoms with Crippen LogP contribution in [-0.2, 0) is 0 Å². The van der Waals surface area contributed by atoms with Crippen molar-refractivity contribution < 1.29 is 13.9 Å². The lowest BCUT2D eigenvalue weighted by molar-refractivity contribution is 0.102. The number of carbonyl (C=O) groups is 1. The van der Waals surface area contributed by atoms with Crippen LogP contribution in [-0.4, -0.2) is 17.5 Å². The van der Waals surface area contributed by atoms with Crippen LogP contribution in [0.3, 0.4) is 0 Å². The Morgan fingerprint density at radius 3 is 2.83 bits per heavy atom. The van der Waals surface area contributed by atoms with Crippen molar-refractivity contribution in [2.24, 2.45) is 0 Å². The molecule has 0 aliphatic carbocycles. The summed E-state index contributed by atoms with van der Waals surface area (Å²) >= 11 is 0. The van der Waals surface area contributed by atoms with E-state index in [1.165, 1.54) is 12.1 Å². The van der Waals surface area contributed by atoms with E-state index in [1.54, 1.807) is 31.2 Å². The number of aryl methyl sites for hydroxylation is 1. The number of hydrogen-bond acceptors (Lipinski definition) is 3. The Kier molecular flexibility index (Phi) is 4.42. The molecule has 2 aromatic carbocycles. The first-order chi connectivity index (χ1) is 11.6. The third-order valence-corrected chi connectivity index (χ3v) is 3.60. The Bertz CT molecular complexity index is 909. The molecule has 0 bridgehead atoms. The zero-order valence-electron chi connectivity index (χ0n) is 13.5. The molecule has 3 rings (SSSR count). The number of fused-ring (bicyclic) bond motifs is 1. The highest BCUT2D eigenvalue weighted by Crippen LogP contribution is 2.25. The molecule has 0 aliphatic rings. The molecule has 122 valence electrons. The average Bonchev–Trinajstić information content (AvgIpc) is 2.58. The van der Waals surface area contributed by atoms with E-state index in [4.69, 9.17) is 4.74 Å². The molecular weight excluding hydrogens is 307 g/mol. The highest BCUT2D eigenvalue weighted by atomic mass is 19.1. The minimum atomic E-state index is -0.578. The largest absolute Gasteiger partial charge is 0.491 e. The fraction of sp³-hybridized carbons (Fsp3) is 0.158. The average molecular weight is 324 g/mol. The molecule has 1 amide bonds. The Morgan fingerprint density at radius 1 is 1.21 bits per heavy atom. The minimum Gasteiger partial charge on any atom is -0.491 e. The third kappa shape index (κ3) is 3.20. The normalized spacial score (nSPS) is 10.6. The van der Waals surface area contributed by atoms with Gasteiger partial charge in [-0.1, -0.05) is 12.1 Å². The van der Waals surface area contributed by atoms with Gasteiger partial charge in [-0.05, 0) is 50.2 Å². The zero-order chi connectivity index (χ0) is 17.1. The number of carbonyl (C=O) groups excluding carboxylic acids is 1. The molecule has 5 heteroatoms. The summed E-state index contributed by atoms with van der Waals surface area (Å²) in [5.41, 5.74) is 2.26. The molecule has 0 aliphatic heterocycles. The van der Waals surface area contributed by atoms with Crippen LogP contribution in [0.25, 0.3) is 10.9 Å². The van der Waals surface area contributed by atoms with Gasteiger partial charge in [0.1, 0.15) is 0 Å². The highest BCUT2D eigenvalue weighted by Gasteiger charge is 2.13. The number of hydrogen-bond donors (Lipinski definition) is 1. The van der Waals surface area contributed by atoms with Crippen LogP contribution < -0.4 is 10.1 Å². The van der Waals surface area contributed by atoms with Gasteiger partial charge in [0, 0.05) is 16.6 Å². The highest BCUT2D eigenvalue weighted by molar-refractivity contribution is 6.06. The lowest BCUT2D eigenvalue weighted by Crippen LogP contribution is -2.13. The van der Waals surface area contributed by atoms with Gasteiger partial charge in [-0.15, -0.1) is 0 Å². The van der Waals surface area contributed by atoms with Crippen LogP contribution in [0.1, 0.15) is 23.0 Å². The van der Waals surface area contributed by atoms with Crippen molar-refractivity contribution in [1.29, 1.82) is 0 Å². The van der Waals surface area contributed by atoms with E-state index >= 15 is 0 Å². The lowest BCUT2D eigenvalue weighted by atomic mass is 10.1. The number of nitrogens with zero attached hydrogens (tertiary/aromatic N) is 1. The predicted molar refractivity (Wildman–Crippen MR) is 92.0 cm³/mol. The predicted octanol–water partition coefficient (Wildman–Crippen LogP) is 4.33. The molecule has 24 heavy (non-hydrogen) atoms. The quantitative estimate of drug-likeness (QED) is 0.777. The van der Waals surface area contributed by atoms with Gasteiger partial charge in [0.2, 0.25) is 0 Å². The van der Waals surface area contributed by atoms with Crippen LogP contribution >= 0.6 is 0 Å². The van der Waals surface area contributed by atoms with Gasteiger partial charge < -0.3 is 10.1 Å². The van der Waals surface area contributed by atoms with E-state index in [9.17, 15) is 9.18 Å². The standard InChI is InChI=1S/C19H17FN2O2/c1-3-24-17-6-4-5-16(18(17)20)22-19(23)14-9-10-15-13(11-14)8-7-12(2)21-15/h4-11H,3H2,1-2H3,(H,22,23). The number of amides is 1. The van der Waals surface area contributed by atoms with Gasteiger partial charge >= 0.3 is 0 Å². The van der Waals surface area contributed by atoms with Gasteiger partial charge in [0.05, 0.1) is 17.8 Å². The van der Waals surface area contributed by atoms with Crippen molar-refractivity contribution in [3.63, 3.8) is 0 Å². The molecule has 3 aromatic rings. The van der Waals surface area contributed by atoms with Gasteiger partial charge in [0.15, 0.2) is 11.6 Å². The molecule has 0 saturated heterocycles. The molecule has 1 N–H and O–H groups in total. The van der Waals surface area contributed by atoms with Crippen LogP contribution in [0.2, 0.25) is 0 Å². The summed E-state index contributed by atoms with van der Waals surface area (Å²) in [4.78, 5) is 16.8. The summed E-state index contributed by atoms with van der Waals surface area (Å²) < 4.78 is 19.5. The molecule has 0 fully saturated rings. The van der Waals surface area contributed by atoms with Crippen molar-refractivity contribution >= 4 is 22.5 Å². The van der Waals surface area contributed by atoms with Gasteiger partial charge in [-0.3, -0.25) is 9.78 Å². The van der Waals surface area contributed by atoms with Gasteiger partial charge in [0.25, 0.3) is 5.91 Å². The topological polar surface area (TPSA) is 51.2 Å². The van der Waals surface area contributed by atoms with E-state index in [2.05, 4.69) is 10.3 Å². The maximum atomic E-state index is 14.3. The Hall–Kier alpha value is -2.95. The van der Waals surface area contributed by atoms with Crippen molar-refractivity contribution in [3.8, 4) is 5.75 Å². The number of rotatable bonds is 4. The van der Waals surface area contributed by atoms with Crippen LogP contribution in [0.5, 0.6) is 5.75 Å². The molecule has 0 atom stereocenters. The molecule has 0 spiro atoms. The second-order valence-electron chi connectivity index (χ2n) is 5.36. The Labute approximate surface area is 139 Å². The molecule has 1 aromatic heterocycles. The van der Waals surface area contributed by atoms with Crippen molar-refractivity contribution in [2.75, 3.05) is 11.9 Å². The van der Waals surface area contributed by atoms with Crippen molar-refractivity contribution in [2.45, 2.75) is 13.8 Å². The summed E-state index contributed by atoms with van der Waals surface area (Å²) in [7, 11) is 0. The first-order valence-electron chi connectivity index (χ1n) is 7.68. The number of nitrogens with one attached hydrogen (secondary N) is 1. The molecule has 0 radical (unpaired) electrons. The summed E-state index contributed by atoms with van der Waals surface area (Å²) in [6.45, 7) is 4.04. The van der Waals surface area contributed by atoms with Crippen molar-refractivity contribution in [3.05, 3.63) is 65.6 Å². The maximum Gasteiger partial charge on any atom is 0.255 e. The minimum absolute atomic E-state index is 0.0908. The maximum absolute atomic E-state index is 14.3. The number of benzene rings is 2. The number of anilines is 1. The molecule has 0 unspecified atom stereocenters. The molecular formula is C19H17FN2O2. The lowest BCUT2D eigenvalue weighted by Gasteiger charge is -2.10. The van der Waals surface area contributed by atoms with Crippen LogP contribution in [0, 0.1) is 12.7 Å². The fourth-order valence-corrected chi connectivity index (χ4v) is 2.44. The molecule has 1 heterocycles. The smallest absolute Gasteiger partial charge is 0.255 e. The van der Waals surface area contributed by atoms with Crippen molar-refractivity contribution in [1.82, 2.24) is 4.98 Å². The van der Waals surface area contributed by atoms with E-state index in [0.29, 0.717) is 12.2 Å². The summed E-state index contributed by atoms with van der Waals surface area (Å²) in [6.07, 6.45) is 0. The molecule has 4 nitrogen and oxygen atoms in total. The Balaban J connectivity index is 1.87. The monoisotopic (exact) mass is 324 g/mol. The summed E-state index contributed by atoms with van der Waals surface area (Å²) in [6, 6.07) is 13.6. The second-order valence-corrected chi connectivity index (χ2v) is 5.36. The van der Waals surface area contributed by atoms with Gasteiger partial charge in [-0.2, -0.15) is 0 Å². The molecule has 0 saturated carbocycles. The van der Waals surface area contributed by atoms with E-state index in [1.807, 2.05) is 19.1 Å². The Morgan fingerprint density at radius 2 is 2.04 bits per heavy atom. The summed E-state index contributed by atoms with van der Waals surface area (Å²) in [5, 5.41) is 3.45. The fourth-order valence-electron chi connectivity index (χ4n) is 2.44. The van der Waals surface area contributed by atoms with E-state index < -0.39 is 5.82 Å². The third-order valence-electron chi connectivity index (χ3n) is 3.60. The van der Waals surface area contributed by atoms with Crippen LogP contribution in [0.4, 0.5) is 10.1 Å². The second kappa shape index (κ2) is 6.66. The number of halogens is 1. The van der Waals surface area contributed by atoms with Gasteiger partial charge in [-0.25, -0.2) is 4.39 Å². The SMILES string of the molecule is CCOc1cccc(NC(=O)c2ccc3nc(C)ccc3c2)c1F. The van der Waals surface area contributed by atoms with E-state index in [0.717, 1.165) is 16.6 Å². The zero-order valence-corrected chi connectivity index (χ0v) is 13.5. The van der Waals surface area contributed by atoms with Crippen LogP contribution in [0.15, 0.2) is 48.5 Å². The number of aromatic nitrogens is 1. The first-order valence-corrected chi connectivity index (χ1v) is 7.68. The first kappa shape index (κ1) is 15.9. The number of pyridine rings is 1. The number of ether oxygens (including phenoxy) is 1. The van der Waals surface area contributed by atoms with E-state index in [-0.39, 0.29) is 17.3 Å². The summed E-state index contributed by atoms with van der Waals surface area (Å²) in [5.74, 6) is -0.843.